The maximum atomic E-state index is 12.2. The van der Waals surface area contributed by atoms with Crippen molar-refractivity contribution in [2.24, 2.45) is 0 Å². The average molecular weight is 424 g/mol. The molecule has 1 N–H and O–H groups in total. The number of amides is 1. The molecular weight excluding hydrogens is 409 g/mol. The van der Waals surface area contributed by atoms with Gasteiger partial charge in [0, 0.05) is 20.7 Å². The maximum absolute atomic E-state index is 12.2. The van der Waals surface area contributed by atoms with Crippen LogP contribution in [0.5, 0.6) is 0 Å². The van der Waals surface area contributed by atoms with Gasteiger partial charge in [0.2, 0.25) is 0 Å². The predicted octanol–water partition coefficient (Wildman–Crippen LogP) is 3.35. The number of benzene rings is 1. The molecule has 1 saturated heterocycles. The molecule has 1 amide bonds. The number of ether oxygens (including phenoxy) is 1. The lowest BCUT2D eigenvalue weighted by atomic mass is 10.0. The first-order valence-corrected chi connectivity index (χ1v) is 7.81. The van der Waals surface area contributed by atoms with E-state index in [1.54, 1.807) is 0 Å². The average Bonchev–Trinajstić information content (AvgIpc) is 2.32. The SMILES string of the molecule is CC1CC(NC(=O)c2cc(Br)ccc2I)CCO1. The highest BCUT2D eigenvalue weighted by molar-refractivity contribution is 14.1. The third kappa shape index (κ3) is 3.68. The van der Waals surface area contributed by atoms with Crippen molar-refractivity contribution >= 4 is 44.4 Å². The number of hydrogen-bond acceptors (Lipinski definition) is 2. The number of nitrogens with one attached hydrogen (secondary N) is 1. The van der Waals surface area contributed by atoms with Gasteiger partial charge in [-0.2, -0.15) is 0 Å². The van der Waals surface area contributed by atoms with Crippen LogP contribution >= 0.6 is 38.5 Å². The second-order valence-electron chi connectivity index (χ2n) is 4.50. The number of hydrogen-bond donors (Lipinski definition) is 1. The molecule has 1 aromatic rings. The molecule has 0 radical (unpaired) electrons. The Balaban J connectivity index is 2.05. The summed E-state index contributed by atoms with van der Waals surface area (Å²) in [7, 11) is 0. The molecule has 1 aromatic carbocycles. The zero-order valence-corrected chi connectivity index (χ0v) is 13.8. The molecule has 5 heteroatoms. The Hall–Kier alpha value is -0.140. The minimum absolute atomic E-state index is 0.000185. The molecule has 0 bridgehead atoms. The normalized spacial score (nSPS) is 23.7. The molecular formula is C13H15BrINO2. The molecule has 0 aromatic heterocycles. The van der Waals surface area contributed by atoms with E-state index in [1.165, 1.54) is 0 Å². The summed E-state index contributed by atoms with van der Waals surface area (Å²) in [5.74, 6) is -0.000185. The minimum Gasteiger partial charge on any atom is -0.378 e. The number of carbonyl (C=O) groups is 1. The van der Waals surface area contributed by atoms with Crippen LogP contribution in [-0.4, -0.2) is 24.7 Å². The number of halogens is 2. The first-order valence-electron chi connectivity index (χ1n) is 5.94. The van der Waals surface area contributed by atoms with Gasteiger partial charge in [0.15, 0.2) is 0 Å². The summed E-state index contributed by atoms with van der Waals surface area (Å²) < 4.78 is 7.37. The molecule has 2 unspecified atom stereocenters. The van der Waals surface area contributed by atoms with Crippen molar-refractivity contribution < 1.29 is 9.53 Å². The van der Waals surface area contributed by atoms with Gasteiger partial charge in [0.25, 0.3) is 5.91 Å². The maximum Gasteiger partial charge on any atom is 0.252 e. The van der Waals surface area contributed by atoms with Crippen molar-refractivity contribution in [2.45, 2.75) is 31.9 Å². The van der Waals surface area contributed by atoms with Gasteiger partial charge >= 0.3 is 0 Å². The second-order valence-corrected chi connectivity index (χ2v) is 6.58. The van der Waals surface area contributed by atoms with Gasteiger partial charge in [-0.1, -0.05) is 15.9 Å². The van der Waals surface area contributed by atoms with E-state index in [0.29, 0.717) is 0 Å². The molecule has 2 rings (SSSR count). The Morgan fingerprint density at radius 2 is 2.33 bits per heavy atom. The summed E-state index contributed by atoms with van der Waals surface area (Å²) >= 11 is 5.58. The van der Waals surface area contributed by atoms with E-state index in [4.69, 9.17) is 4.74 Å². The second kappa shape index (κ2) is 6.34. The van der Waals surface area contributed by atoms with E-state index in [0.717, 1.165) is 33.1 Å². The molecule has 18 heavy (non-hydrogen) atoms. The summed E-state index contributed by atoms with van der Waals surface area (Å²) in [6.07, 6.45) is 2.00. The van der Waals surface area contributed by atoms with Crippen molar-refractivity contribution in [3.63, 3.8) is 0 Å². The van der Waals surface area contributed by atoms with Gasteiger partial charge in [0.05, 0.1) is 11.7 Å². The fourth-order valence-electron chi connectivity index (χ4n) is 2.06. The summed E-state index contributed by atoms with van der Waals surface area (Å²) in [6.45, 7) is 2.77. The van der Waals surface area contributed by atoms with Crippen LogP contribution in [0.2, 0.25) is 0 Å². The fourth-order valence-corrected chi connectivity index (χ4v) is 3.01. The Kier molecular flexibility index (Phi) is 5.03. The van der Waals surface area contributed by atoms with E-state index < -0.39 is 0 Å². The third-order valence-electron chi connectivity index (χ3n) is 2.99. The number of rotatable bonds is 2. The van der Waals surface area contributed by atoms with Gasteiger partial charge in [-0.3, -0.25) is 4.79 Å². The molecule has 1 fully saturated rings. The van der Waals surface area contributed by atoms with Crippen LogP contribution in [0.3, 0.4) is 0 Å². The van der Waals surface area contributed by atoms with E-state index in [2.05, 4.69) is 43.8 Å². The molecule has 0 spiro atoms. The summed E-state index contributed by atoms with van der Waals surface area (Å²) in [6, 6.07) is 5.96. The van der Waals surface area contributed by atoms with Crippen molar-refractivity contribution in [3.05, 3.63) is 31.8 Å². The largest absolute Gasteiger partial charge is 0.378 e. The van der Waals surface area contributed by atoms with Crippen molar-refractivity contribution in [2.75, 3.05) is 6.61 Å². The predicted molar refractivity (Wildman–Crippen MR) is 82.8 cm³/mol. The lowest BCUT2D eigenvalue weighted by molar-refractivity contribution is 0.0136. The Morgan fingerprint density at radius 3 is 3.06 bits per heavy atom. The van der Waals surface area contributed by atoms with Gasteiger partial charge < -0.3 is 10.1 Å². The van der Waals surface area contributed by atoms with Crippen LogP contribution in [0.4, 0.5) is 0 Å². The summed E-state index contributed by atoms with van der Waals surface area (Å²) in [5, 5.41) is 3.09. The van der Waals surface area contributed by atoms with Crippen molar-refractivity contribution in [3.8, 4) is 0 Å². The zero-order valence-electron chi connectivity index (χ0n) is 10.1. The Bertz CT molecular complexity index is 453. The first kappa shape index (κ1) is 14.3. The molecule has 98 valence electrons. The first-order chi connectivity index (χ1) is 8.56. The molecule has 1 heterocycles. The van der Waals surface area contributed by atoms with Crippen LogP contribution in [0.25, 0.3) is 0 Å². The number of carbonyl (C=O) groups excluding carboxylic acids is 1. The highest BCUT2D eigenvalue weighted by Crippen LogP contribution is 2.19. The lowest BCUT2D eigenvalue weighted by Gasteiger charge is -2.28. The lowest BCUT2D eigenvalue weighted by Crippen LogP contribution is -2.41. The van der Waals surface area contributed by atoms with Crippen LogP contribution in [-0.2, 0) is 4.74 Å². The standard InChI is InChI=1S/C13H15BrINO2/c1-8-6-10(4-5-18-8)16-13(17)11-7-9(14)2-3-12(11)15/h2-3,7-8,10H,4-6H2,1H3,(H,16,17). The van der Waals surface area contributed by atoms with Crippen LogP contribution in [0.1, 0.15) is 30.1 Å². The summed E-state index contributed by atoms with van der Waals surface area (Å²) in [5.41, 5.74) is 0.726. The van der Waals surface area contributed by atoms with E-state index >= 15 is 0 Å². The minimum atomic E-state index is -0.000185. The topological polar surface area (TPSA) is 38.3 Å². The Labute approximate surface area is 129 Å². The molecule has 2 atom stereocenters. The van der Waals surface area contributed by atoms with Crippen LogP contribution in [0, 0.1) is 3.57 Å². The summed E-state index contributed by atoms with van der Waals surface area (Å²) in [4.78, 5) is 12.2. The van der Waals surface area contributed by atoms with E-state index in [-0.39, 0.29) is 18.1 Å². The molecule has 1 aliphatic rings. The van der Waals surface area contributed by atoms with Crippen molar-refractivity contribution in [1.29, 1.82) is 0 Å². The van der Waals surface area contributed by atoms with Crippen LogP contribution in [0.15, 0.2) is 22.7 Å². The van der Waals surface area contributed by atoms with Gasteiger partial charge in [-0.05, 0) is 60.6 Å². The van der Waals surface area contributed by atoms with Gasteiger partial charge in [-0.25, -0.2) is 0 Å². The molecule has 3 nitrogen and oxygen atoms in total. The quantitative estimate of drug-likeness (QED) is 0.740. The smallest absolute Gasteiger partial charge is 0.252 e. The monoisotopic (exact) mass is 423 g/mol. The highest BCUT2D eigenvalue weighted by Gasteiger charge is 2.22. The Morgan fingerprint density at radius 1 is 1.56 bits per heavy atom. The van der Waals surface area contributed by atoms with Crippen LogP contribution < -0.4 is 5.32 Å². The molecule has 1 aliphatic heterocycles. The molecule has 0 aliphatic carbocycles. The van der Waals surface area contributed by atoms with E-state index in [1.807, 2.05) is 25.1 Å². The fraction of sp³-hybridized carbons (Fsp3) is 0.462. The molecule has 0 saturated carbocycles. The van der Waals surface area contributed by atoms with Gasteiger partial charge in [0.1, 0.15) is 0 Å². The van der Waals surface area contributed by atoms with Crippen molar-refractivity contribution in [1.82, 2.24) is 5.32 Å². The zero-order chi connectivity index (χ0) is 13.1. The van der Waals surface area contributed by atoms with E-state index in [9.17, 15) is 4.79 Å². The third-order valence-corrected chi connectivity index (χ3v) is 4.43. The van der Waals surface area contributed by atoms with Gasteiger partial charge in [-0.15, -0.1) is 0 Å². The highest BCUT2D eigenvalue weighted by atomic mass is 127.